The molecule has 1 unspecified atom stereocenters. The van der Waals surface area contributed by atoms with Gasteiger partial charge in [-0.2, -0.15) is 0 Å². The highest BCUT2D eigenvalue weighted by Crippen LogP contribution is 2.26. The van der Waals surface area contributed by atoms with E-state index in [2.05, 4.69) is 12.1 Å². The first-order chi connectivity index (χ1) is 13.1. The van der Waals surface area contributed by atoms with Crippen LogP contribution in [0.25, 0.3) is 0 Å². The molecular weight excluding hydrogens is 338 g/mol. The number of fused-ring (bicyclic) bond motifs is 1. The van der Waals surface area contributed by atoms with Crippen molar-refractivity contribution in [3.63, 3.8) is 0 Å². The molecule has 3 rings (SSSR count). The van der Waals surface area contributed by atoms with E-state index in [0.29, 0.717) is 13.0 Å². The van der Waals surface area contributed by atoms with E-state index < -0.39 is 6.10 Å². The van der Waals surface area contributed by atoms with Gasteiger partial charge in [-0.3, -0.25) is 4.79 Å². The van der Waals surface area contributed by atoms with Crippen molar-refractivity contribution in [1.82, 2.24) is 4.90 Å². The van der Waals surface area contributed by atoms with Crippen molar-refractivity contribution >= 4 is 5.91 Å². The summed E-state index contributed by atoms with van der Waals surface area (Å²) in [5.74, 6) is 1.57. The smallest absolute Gasteiger partial charge is 0.263 e. The largest absolute Gasteiger partial charge is 0.496 e. The molecule has 2 aromatic carbocycles. The van der Waals surface area contributed by atoms with Crippen LogP contribution in [0.5, 0.6) is 11.5 Å². The normalized spacial score (nSPS) is 14.2. The Kier molecular flexibility index (Phi) is 6.38. The molecule has 0 N–H and O–H groups in total. The highest BCUT2D eigenvalue weighted by Gasteiger charge is 2.23. The lowest BCUT2D eigenvalue weighted by molar-refractivity contribution is -0.138. The van der Waals surface area contributed by atoms with Crippen LogP contribution in [0.3, 0.4) is 0 Å². The van der Waals surface area contributed by atoms with Gasteiger partial charge in [0.1, 0.15) is 11.5 Å². The van der Waals surface area contributed by atoms with Crippen LogP contribution < -0.4 is 9.47 Å². The van der Waals surface area contributed by atoms with Crippen LogP contribution >= 0.6 is 0 Å². The third-order valence-electron chi connectivity index (χ3n) is 5.22. The van der Waals surface area contributed by atoms with E-state index in [1.54, 1.807) is 12.0 Å². The number of aryl methyl sites for hydroxylation is 2. The van der Waals surface area contributed by atoms with Gasteiger partial charge in [0, 0.05) is 19.2 Å². The monoisotopic (exact) mass is 367 g/mol. The molecule has 1 aliphatic carbocycles. The zero-order chi connectivity index (χ0) is 19.2. The van der Waals surface area contributed by atoms with E-state index in [1.807, 2.05) is 44.3 Å². The number of rotatable bonds is 7. The molecule has 0 saturated carbocycles. The van der Waals surface area contributed by atoms with Crippen LogP contribution in [0, 0.1) is 0 Å². The van der Waals surface area contributed by atoms with Gasteiger partial charge in [-0.05, 0) is 61.4 Å². The molecule has 0 aromatic heterocycles. The van der Waals surface area contributed by atoms with E-state index in [-0.39, 0.29) is 5.91 Å². The maximum atomic E-state index is 12.9. The van der Waals surface area contributed by atoms with Gasteiger partial charge in [-0.25, -0.2) is 0 Å². The molecule has 0 saturated heterocycles. The fraction of sp³-hybridized carbons (Fsp3) is 0.435. The molecule has 1 amide bonds. The molecule has 0 bridgehead atoms. The van der Waals surface area contributed by atoms with Crippen molar-refractivity contribution in [2.75, 3.05) is 14.2 Å². The van der Waals surface area contributed by atoms with Crippen LogP contribution in [0.2, 0.25) is 0 Å². The Labute approximate surface area is 162 Å². The fourth-order valence-electron chi connectivity index (χ4n) is 3.67. The molecular formula is C23H29NO3. The van der Waals surface area contributed by atoms with Gasteiger partial charge >= 0.3 is 0 Å². The van der Waals surface area contributed by atoms with E-state index >= 15 is 0 Å². The van der Waals surface area contributed by atoms with Gasteiger partial charge in [-0.15, -0.1) is 0 Å². The predicted octanol–water partition coefficient (Wildman–Crippen LogP) is 4.39. The van der Waals surface area contributed by atoms with Crippen molar-refractivity contribution in [3.05, 3.63) is 59.2 Å². The third-order valence-corrected chi connectivity index (χ3v) is 5.22. The molecule has 0 spiro atoms. The van der Waals surface area contributed by atoms with Gasteiger partial charge in [0.15, 0.2) is 6.10 Å². The lowest BCUT2D eigenvalue weighted by atomic mass is 9.92. The Hall–Kier alpha value is -2.49. The summed E-state index contributed by atoms with van der Waals surface area (Å²) in [5, 5.41) is 0. The third kappa shape index (κ3) is 4.62. The lowest BCUT2D eigenvalue weighted by Crippen LogP contribution is -2.39. The Balaban J connectivity index is 1.68. The number of hydrogen-bond acceptors (Lipinski definition) is 3. The quantitative estimate of drug-likeness (QED) is 0.728. The average Bonchev–Trinajstić information content (AvgIpc) is 2.71. The first-order valence-corrected chi connectivity index (χ1v) is 9.77. The summed E-state index contributed by atoms with van der Waals surface area (Å²) in [6, 6.07) is 14.0. The van der Waals surface area contributed by atoms with Crippen LogP contribution in [0.15, 0.2) is 42.5 Å². The maximum Gasteiger partial charge on any atom is 0.263 e. The zero-order valence-corrected chi connectivity index (χ0v) is 16.5. The number of carbonyl (C=O) groups is 1. The SMILES string of the molecule is CCC(Oc1ccc2c(c1)CCCC2)C(=O)N(C)Cc1ccccc1OC. The Morgan fingerprint density at radius 3 is 2.59 bits per heavy atom. The fourth-order valence-corrected chi connectivity index (χ4v) is 3.67. The summed E-state index contributed by atoms with van der Waals surface area (Å²) in [6.45, 7) is 2.48. The van der Waals surface area contributed by atoms with E-state index in [9.17, 15) is 4.79 Å². The van der Waals surface area contributed by atoms with Gasteiger partial charge in [-0.1, -0.05) is 31.2 Å². The number of ether oxygens (including phenoxy) is 2. The highest BCUT2D eigenvalue weighted by atomic mass is 16.5. The minimum atomic E-state index is -0.480. The van der Waals surface area contributed by atoms with Crippen LogP contribution in [-0.4, -0.2) is 31.1 Å². The zero-order valence-electron chi connectivity index (χ0n) is 16.5. The summed E-state index contributed by atoms with van der Waals surface area (Å²) in [5.41, 5.74) is 3.77. The summed E-state index contributed by atoms with van der Waals surface area (Å²) in [4.78, 5) is 14.6. The van der Waals surface area contributed by atoms with Crippen molar-refractivity contribution in [3.8, 4) is 11.5 Å². The van der Waals surface area contributed by atoms with Crippen LogP contribution in [-0.2, 0) is 24.2 Å². The average molecular weight is 367 g/mol. The molecule has 1 atom stereocenters. The van der Waals surface area contributed by atoms with Crippen molar-refractivity contribution in [1.29, 1.82) is 0 Å². The molecule has 2 aromatic rings. The summed E-state index contributed by atoms with van der Waals surface area (Å²) >= 11 is 0. The van der Waals surface area contributed by atoms with Crippen molar-refractivity contribution in [2.24, 2.45) is 0 Å². The van der Waals surface area contributed by atoms with Gasteiger partial charge in [0.2, 0.25) is 0 Å². The number of amides is 1. The molecule has 4 nitrogen and oxygen atoms in total. The minimum absolute atomic E-state index is 0.0128. The van der Waals surface area contributed by atoms with E-state index in [0.717, 1.165) is 29.9 Å². The van der Waals surface area contributed by atoms with E-state index in [1.165, 1.54) is 24.0 Å². The molecule has 0 radical (unpaired) electrons. The number of carbonyl (C=O) groups excluding carboxylic acids is 1. The summed E-state index contributed by atoms with van der Waals surface area (Å²) in [7, 11) is 3.46. The molecule has 27 heavy (non-hydrogen) atoms. The van der Waals surface area contributed by atoms with Crippen molar-refractivity contribution in [2.45, 2.75) is 51.7 Å². The second kappa shape index (κ2) is 8.94. The number of benzene rings is 2. The first kappa shape index (κ1) is 19.3. The van der Waals surface area contributed by atoms with Crippen LogP contribution in [0.1, 0.15) is 42.9 Å². The molecule has 0 heterocycles. The van der Waals surface area contributed by atoms with Gasteiger partial charge < -0.3 is 14.4 Å². The molecule has 0 fully saturated rings. The van der Waals surface area contributed by atoms with E-state index in [4.69, 9.17) is 9.47 Å². The number of methoxy groups -OCH3 is 1. The lowest BCUT2D eigenvalue weighted by Gasteiger charge is -2.25. The Bertz CT molecular complexity index is 787. The molecule has 0 aliphatic heterocycles. The van der Waals surface area contributed by atoms with Crippen molar-refractivity contribution < 1.29 is 14.3 Å². The number of hydrogen-bond donors (Lipinski definition) is 0. The Morgan fingerprint density at radius 2 is 1.85 bits per heavy atom. The van der Waals surface area contributed by atoms with Gasteiger partial charge in [0.25, 0.3) is 5.91 Å². The second-order valence-electron chi connectivity index (χ2n) is 7.16. The second-order valence-corrected chi connectivity index (χ2v) is 7.16. The number of para-hydroxylation sites is 1. The predicted molar refractivity (Wildman–Crippen MR) is 107 cm³/mol. The highest BCUT2D eigenvalue weighted by molar-refractivity contribution is 5.81. The molecule has 1 aliphatic rings. The molecule has 4 heteroatoms. The topological polar surface area (TPSA) is 38.8 Å². The minimum Gasteiger partial charge on any atom is -0.496 e. The molecule has 144 valence electrons. The van der Waals surface area contributed by atoms with Gasteiger partial charge in [0.05, 0.1) is 7.11 Å². The first-order valence-electron chi connectivity index (χ1n) is 9.77. The number of nitrogens with zero attached hydrogens (tertiary/aromatic N) is 1. The summed E-state index contributed by atoms with van der Waals surface area (Å²) in [6.07, 6.45) is 4.89. The number of likely N-dealkylation sites (N-methyl/N-ethyl adjacent to an activating group) is 1. The maximum absolute atomic E-state index is 12.9. The standard InChI is InChI=1S/C23H29NO3/c1-4-21(27-20-14-13-17-9-5-6-10-18(17)15-20)23(25)24(2)16-19-11-7-8-12-22(19)26-3/h7-8,11-15,21H,4-6,9-10,16H2,1-3H3. The van der Waals surface area contributed by atoms with Crippen LogP contribution in [0.4, 0.5) is 0 Å². The Morgan fingerprint density at radius 1 is 1.11 bits per heavy atom. The summed E-state index contributed by atoms with van der Waals surface area (Å²) < 4.78 is 11.5.